The van der Waals surface area contributed by atoms with Gasteiger partial charge in [0.05, 0.1) is 5.69 Å². The third-order valence-electron chi connectivity index (χ3n) is 8.57. The molecule has 8 nitrogen and oxygen atoms in total. The van der Waals surface area contributed by atoms with Gasteiger partial charge in [0.1, 0.15) is 6.33 Å². The van der Waals surface area contributed by atoms with Crippen molar-refractivity contribution in [1.82, 2.24) is 24.7 Å². The molecule has 7 rings (SSSR count). The molecule has 3 fully saturated rings. The van der Waals surface area contributed by atoms with Gasteiger partial charge < -0.3 is 15.1 Å². The van der Waals surface area contributed by atoms with Crippen molar-refractivity contribution in [3.05, 3.63) is 47.7 Å². The maximum atomic E-state index is 14.7. The second-order valence-corrected chi connectivity index (χ2v) is 10.2. The van der Waals surface area contributed by atoms with Crippen LogP contribution in [0.4, 0.5) is 36.6 Å². The van der Waals surface area contributed by atoms with Crippen LogP contribution in [0.5, 0.6) is 0 Å². The van der Waals surface area contributed by atoms with Gasteiger partial charge in [0, 0.05) is 49.9 Å². The molecule has 3 aromatic rings. The number of aromatic nitrogens is 5. The van der Waals surface area contributed by atoms with E-state index < -0.39 is 11.6 Å². The normalized spacial score (nSPS) is 28.6. The molecule has 0 amide bonds. The van der Waals surface area contributed by atoms with E-state index in [0.29, 0.717) is 54.0 Å². The predicted octanol–water partition coefficient (Wildman–Crippen LogP) is 3.66. The lowest BCUT2D eigenvalue weighted by Gasteiger charge is -2.65. The van der Waals surface area contributed by atoms with E-state index in [1.54, 1.807) is 13.0 Å². The highest BCUT2D eigenvalue weighted by Crippen LogP contribution is 2.68. The summed E-state index contributed by atoms with van der Waals surface area (Å²) in [6.07, 6.45) is 4.52. The van der Waals surface area contributed by atoms with Gasteiger partial charge in [0.15, 0.2) is 23.3 Å². The largest absolute Gasteiger partial charge is 0.353 e. The highest BCUT2D eigenvalue weighted by atomic mass is 19.2. The van der Waals surface area contributed by atoms with Crippen molar-refractivity contribution in [3.63, 3.8) is 0 Å². The summed E-state index contributed by atoms with van der Waals surface area (Å²) in [5.41, 5.74) is 1.11. The van der Waals surface area contributed by atoms with E-state index in [1.807, 2.05) is 9.58 Å². The fourth-order valence-electron chi connectivity index (χ4n) is 6.76. The number of anilines is 4. The lowest BCUT2D eigenvalue weighted by atomic mass is 9.41. The molecular weight excluding hydrogens is 457 g/mol. The SMILES string of the molecule is Cc1ncnc(N2C[C@H]3[C@H](Nc4nc5n(n4)CCCN5c4ccc(F)c(F)c4)C4CCC43C2)c1F. The van der Waals surface area contributed by atoms with E-state index in [2.05, 4.69) is 25.3 Å². The summed E-state index contributed by atoms with van der Waals surface area (Å²) in [5, 5.41) is 8.24. The number of nitrogens with one attached hydrogen (secondary N) is 1. The Balaban J connectivity index is 1.13. The van der Waals surface area contributed by atoms with Gasteiger partial charge in [0.2, 0.25) is 11.9 Å². The Morgan fingerprint density at radius 2 is 1.97 bits per heavy atom. The van der Waals surface area contributed by atoms with E-state index in [9.17, 15) is 13.2 Å². The van der Waals surface area contributed by atoms with Crippen LogP contribution >= 0.6 is 0 Å². The van der Waals surface area contributed by atoms with Crippen LogP contribution in [0.1, 0.15) is 25.0 Å². The lowest BCUT2D eigenvalue weighted by molar-refractivity contribution is -0.117. The first-order valence-electron chi connectivity index (χ1n) is 12.1. The zero-order valence-electron chi connectivity index (χ0n) is 19.3. The fourth-order valence-corrected chi connectivity index (χ4v) is 6.76. The summed E-state index contributed by atoms with van der Waals surface area (Å²) in [6.45, 7) is 4.57. The molecule has 1 saturated heterocycles. The van der Waals surface area contributed by atoms with E-state index in [0.717, 1.165) is 38.4 Å². The van der Waals surface area contributed by atoms with Gasteiger partial charge in [0.25, 0.3) is 0 Å². The molecule has 1 aromatic carbocycles. The molecule has 2 aliphatic heterocycles. The maximum Gasteiger partial charge on any atom is 0.244 e. The summed E-state index contributed by atoms with van der Waals surface area (Å²) in [6, 6.07) is 4.10. The number of benzene rings is 1. The second-order valence-electron chi connectivity index (χ2n) is 10.2. The van der Waals surface area contributed by atoms with Crippen LogP contribution in [-0.4, -0.2) is 50.4 Å². The van der Waals surface area contributed by atoms with Crippen molar-refractivity contribution < 1.29 is 13.2 Å². The molecule has 4 aliphatic rings. The third-order valence-corrected chi connectivity index (χ3v) is 8.57. The van der Waals surface area contributed by atoms with Gasteiger partial charge >= 0.3 is 0 Å². The Morgan fingerprint density at radius 1 is 1.09 bits per heavy atom. The van der Waals surface area contributed by atoms with Gasteiger partial charge in [-0.1, -0.05) is 0 Å². The van der Waals surface area contributed by atoms with Gasteiger partial charge in [-0.25, -0.2) is 27.8 Å². The van der Waals surface area contributed by atoms with Crippen molar-refractivity contribution in [2.45, 2.75) is 38.8 Å². The van der Waals surface area contributed by atoms with Crippen LogP contribution in [0.25, 0.3) is 0 Å². The molecule has 35 heavy (non-hydrogen) atoms. The quantitative estimate of drug-likeness (QED) is 0.608. The minimum absolute atomic E-state index is 0.194. The monoisotopic (exact) mass is 482 g/mol. The standard InChI is InChI=1S/C24H25F3N8/c1-13-19(27)21(29-12-28-13)33-10-16-20(15-5-6-24(15,16)11-33)30-22-31-23-34(7-2-8-35(23)32-22)14-3-4-17(25)18(26)9-14/h3-4,9,12,15-16,20H,2,5-8,10-11H2,1H3,(H,30,32)/t15?,16-,20+,24?/m0/s1. The van der Waals surface area contributed by atoms with Crippen LogP contribution in [0.2, 0.25) is 0 Å². The summed E-state index contributed by atoms with van der Waals surface area (Å²) >= 11 is 0. The van der Waals surface area contributed by atoms with Crippen molar-refractivity contribution >= 4 is 23.4 Å². The molecule has 1 spiro atoms. The Kier molecular flexibility index (Phi) is 4.38. The number of hydrogen-bond acceptors (Lipinski definition) is 7. The molecule has 0 radical (unpaired) electrons. The summed E-state index contributed by atoms with van der Waals surface area (Å²) in [4.78, 5) is 16.9. The van der Waals surface area contributed by atoms with Crippen LogP contribution in [0.15, 0.2) is 24.5 Å². The summed E-state index contributed by atoms with van der Waals surface area (Å²) in [7, 11) is 0. The van der Waals surface area contributed by atoms with E-state index in [4.69, 9.17) is 4.98 Å². The van der Waals surface area contributed by atoms with Gasteiger partial charge in [-0.2, -0.15) is 4.98 Å². The summed E-state index contributed by atoms with van der Waals surface area (Å²) < 4.78 is 43.8. The molecular formula is C24H25F3N8. The molecule has 182 valence electrons. The van der Waals surface area contributed by atoms with Crippen molar-refractivity contribution in [2.75, 3.05) is 34.8 Å². The highest BCUT2D eigenvalue weighted by Gasteiger charge is 2.70. The Morgan fingerprint density at radius 3 is 2.77 bits per heavy atom. The van der Waals surface area contributed by atoms with Crippen molar-refractivity contribution in [2.24, 2.45) is 17.3 Å². The highest BCUT2D eigenvalue weighted by molar-refractivity contribution is 5.59. The minimum atomic E-state index is -0.880. The van der Waals surface area contributed by atoms with Crippen LogP contribution in [0, 0.1) is 41.6 Å². The topological polar surface area (TPSA) is 75.0 Å². The van der Waals surface area contributed by atoms with Crippen molar-refractivity contribution in [3.8, 4) is 0 Å². The molecule has 4 heterocycles. The average molecular weight is 483 g/mol. The zero-order chi connectivity index (χ0) is 23.9. The number of hydrogen-bond donors (Lipinski definition) is 1. The van der Waals surface area contributed by atoms with Gasteiger partial charge in [-0.3, -0.25) is 0 Å². The van der Waals surface area contributed by atoms with Gasteiger partial charge in [-0.15, -0.1) is 5.10 Å². The number of nitrogens with zero attached hydrogens (tertiary/aromatic N) is 7. The van der Waals surface area contributed by atoms with Crippen LogP contribution < -0.4 is 15.1 Å². The smallest absolute Gasteiger partial charge is 0.244 e. The number of fused-ring (bicyclic) bond motifs is 1. The summed E-state index contributed by atoms with van der Waals surface area (Å²) in [5.74, 6) is 0.318. The molecule has 11 heteroatoms. The van der Waals surface area contributed by atoms with E-state index >= 15 is 0 Å². The molecule has 2 aliphatic carbocycles. The Labute approximate surface area is 200 Å². The Bertz CT molecular complexity index is 1330. The first-order chi connectivity index (χ1) is 16.9. The molecule has 0 bridgehead atoms. The molecule has 4 atom stereocenters. The molecule has 2 saturated carbocycles. The Hall–Kier alpha value is -3.37. The average Bonchev–Trinajstić information content (AvgIpc) is 3.43. The van der Waals surface area contributed by atoms with Crippen molar-refractivity contribution in [1.29, 1.82) is 0 Å². The number of rotatable bonds is 4. The predicted molar refractivity (Wildman–Crippen MR) is 123 cm³/mol. The second kappa shape index (κ2) is 7.32. The third kappa shape index (κ3) is 2.93. The molecule has 1 N–H and O–H groups in total. The van der Waals surface area contributed by atoms with E-state index in [-0.39, 0.29) is 17.3 Å². The zero-order valence-corrected chi connectivity index (χ0v) is 19.3. The number of aryl methyl sites for hydroxylation is 2. The number of halogens is 3. The first-order valence-corrected chi connectivity index (χ1v) is 12.1. The van der Waals surface area contributed by atoms with E-state index in [1.165, 1.54) is 12.4 Å². The molecule has 2 unspecified atom stereocenters. The van der Waals surface area contributed by atoms with Gasteiger partial charge in [-0.05, 0) is 49.7 Å². The van der Waals surface area contributed by atoms with Crippen LogP contribution in [-0.2, 0) is 6.54 Å². The van der Waals surface area contributed by atoms with Crippen LogP contribution in [0.3, 0.4) is 0 Å². The maximum absolute atomic E-state index is 14.7. The fraction of sp³-hybridized carbons (Fsp3) is 0.500. The minimum Gasteiger partial charge on any atom is -0.353 e. The molecule has 2 aromatic heterocycles. The lowest BCUT2D eigenvalue weighted by Crippen LogP contribution is -2.68. The first kappa shape index (κ1) is 21.0.